The number of hydrogen-bond donors (Lipinski definition) is 1. The number of methoxy groups -OCH3 is 1. The average Bonchev–Trinajstić information content (AvgIpc) is 2.74. The van der Waals surface area contributed by atoms with Crippen LogP contribution in [0.5, 0.6) is 5.75 Å². The highest BCUT2D eigenvalue weighted by Crippen LogP contribution is 2.34. The van der Waals surface area contributed by atoms with Crippen LogP contribution in [0.1, 0.15) is 15.9 Å². The van der Waals surface area contributed by atoms with Crippen LogP contribution < -0.4 is 15.5 Å². The van der Waals surface area contributed by atoms with Crippen LogP contribution in [0.4, 0.5) is 5.00 Å². The minimum Gasteiger partial charge on any atom is -0.497 e. The third-order valence-electron chi connectivity index (χ3n) is 4.79. The summed E-state index contributed by atoms with van der Waals surface area (Å²) >= 11 is 1.40. The molecule has 0 bridgehead atoms. The van der Waals surface area contributed by atoms with E-state index in [2.05, 4.69) is 5.32 Å². The van der Waals surface area contributed by atoms with Gasteiger partial charge in [0, 0.05) is 15.6 Å². The van der Waals surface area contributed by atoms with E-state index in [1.165, 1.54) is 11.3 Å². The lowest BCUT2D eigenvalue weighted by atomic mass is 10.0. The summed E-state index contributed by atoms with van der Waals surface area (Å²) in [7, 11) is 1.60. The van der Waals surface area contributed by atoms with Crippen molar-refractivity contribution < 1.29 is 9.53 Å². The zero-order valence-electron chi connectivity index (χ0n) is 16.1. The van der Waals surface area contributed by atoms with Crippen molar-refractivity contribution in [3.63, 3.8) is 0 Å². The standard InChI is InChI=1S/C24H19NO3S/c1-15-7-3-4-8-18(15)23(27)25-24-21(16-11-13-17(28-2)14-12-16)22(26)19-9-5-6-10-20(19)29-24/h3-14H,1-2H3,(H,25,27). The van der Waals surface area contributed by atoms with E-state index in [0.29, 0.717) is 27.3 Å². The molecular weight excluding hydrogens is 382 g/mol. The van der Waals surface area contributed by atoms with Gasteiger partial charge in [0.15, 0.2) is 5.43 Å². The normalized spacial score (nSPS) is 10.7. The number of carbonyl (C=O) groups is 1. The quantitative estimate of drug-likeness (QED) is 0.491. The number of rotatable bonds is 4. The van der Waals surface area contributed by atoms with Crippen LogP contribution in [0.3, 0.4) is 0 Å². The van der Waals surface area contributed by atoms with Crippen LogP contribution in [-0.2, 0) is 0 Å². The molecule has 0 spiro atoms. The molecule has 0 fully saturated rings. The molecule has 1 heterocycles. The molecule has 29 heavy (non-hydrogen) atoms. The Labute approximate surface area is 172 Å². The highest BCUT2D eigenvalue weighted by Gasteiger charge is 2.18. The van der Waals surface area contributed by atoms with Crippen LogP contribution in [0.2, 0.25) is 0 Å². The lowest BCUT2D eigenvalue weighted by Gasteiger charge is -2.13. The molecule has 0 unspecified atom stereocenters. The molecule has 5 heteroatoms. The van der Waals surface area contributed by atoms with Crippen LogP contribution in [0, 0.1) is 6.92 Å². The van der Waals surface area contributed by atoms with E-state index in [0.717, 1.165) is 15.8 Å². The second-order valence-electron chi connectivity index (χ2n) is 6.63. The van der Waals surface area contributed by atoms with Gasteiger partial charge in [-0.2, -0.15) is 0 Å². The van der Waals surface area contributed by atoms with Gasteiger partial charge in [-0.3, -0.25) is 9.59 Å². The zero-order valence-corrected chi connectivity index (χ0v) is 16.9. The van der Waals surface area contributed by atoms with Gasteiger partial charge < -0.3 is 10.1 Å². The Bertz CT molecular complexity index is 1260. The monoisotopic (exact) mass is 401 g/mol. The summed E-state index contributed by atoms with van der Waals surface area (Å²) in [6, 6.07) is 22.1. The first-order valence-electron chi connectivity index (χ1n) is 9.15. The van der Waals surface area contributed by atoms with Gasteiger partial charge in [-0.15, -0.1) is 11.3 Å². The third-order valence-corrected chi connectivity index (χ3v) is 5.88. The fourth-order valence-electron chi connectivity index (χ4n) is 3.25. The molecule has 4 aromatic rings. The Balaban J connectivity index is 1.88. The molecule has 0 aliphatic carbocycles. The number of amides is 1. The van der Waals surface area contributed by atoms with Gasteiger partial charge in [0.1, 0.15) is 10.8 Å². The molecular formula is C24H19NO3S. The molecule has 0 saturated heterocycles. The van der Waals surface area contributed by atoms with Crippen LogP contribution >= 0.6 is 11.3 Å². The van der Waals surface area contributed by atoms with E-state index < -0.39 is 0 Å². The molecule has 4 rings (SSSR count). The Morgan fingerprint density at radius 1 is 0.931 bits per heavy atom. The summed E-state index contributed by atoms with van der Waals surface area (Å²) in [5.41, 5.74) is 2.57. The van der Waals surface area contributed by atoms with Crippen molar-refractivity contribution in [1.29, 1.82) is 0 Å². The molecule has 4 nitrogen and oxygen atoms in total. The first-order chi connectivity index (χ1) is 14.1. The number of nitrogens with one attached hydrogen (secondary N) is 1. The lowest BCUT2D eigenvalue weighted by Crippen LogP contribution is -2.16. The highest BCUT2D eigenvalue weighted by molar-refractivity contribution is 7.22. The predicted molar refractivity (Wildman–Crippen MR) is 119 cm³/mol. The van der Waals surface area contributed by atoms with Crippen LogP contribution in [0.15, 0.2) is 77.6 Å². The molecule has 1 N–H and O–H groups in total. The van der Waals surface area contributed by atoms with Gasteiger partial charge in [-0.25, -0.2) is 0 Å². The molecule has 144 valence electrons. The van der Waals surface area contributed by atoms with Crippen molar-refractivity contribution in [1.82, 2.24) is 0 Å². The van der Waals surface area contributed by atoms with Crippen LogP contribution in [0.25, 0.3) is 21.2 Å². The fourth-order valence-corrected chi connectivity index (χ4v) is 4.34. The van der Waals surface area contributed by atoms with Crippen molar-refractivity contribution in [3.8, 4) is 16.9 Å². The molecule has 3 aromatic carbocycles. The Morgan fingerprint density at radius 3 is 2.34 bits per heavy atom. The number of aryl methyl sites for hydroxylation is 1. The Kier molecular flexibility index (Phi) is 5.14. The summed E-state index contributed by atoms with van der Waals surface area (Å²) in [5.74, 6) is 0.472. The molecule has 0 saturated carbocycles. The summed E-state index contributed by atoms with van der Waals surface area (Å²) < 4.78 is 6.05. The smallest absolute Gasteiger partial charge is 0.256 e. The summed E-state index contributed by atoms with van der Waals surface area (Å²) in [5, 5.41) is 4.15. The largest absolute Gasteiger partial charge is 0.497 e. The maximum atomic E-state index is 13.3. The zero-order chi connectivity index (χ0) is 20.4. The Morgan fingerprint density at radius 2 is 1.62 bits per heavy atom. The van der Waals surface area contributed by atoms with Gasteiger partial charge in [-0.05, 0) is 48.4 Å². The molecule has 0 radical (unpaired) electrons. The second kappa shape index (κ2) is 7.89. The van der Waals surface area contributed by atoms with E-state index >= 15 is 0 Å². The van der Waals surface area contributed by atoms with Crippen molar-refractivity contribution >= 4 is 32.3 Å². The first kappa shape index (κ1) is 18.9. The summed E-state index contributed by atoms with van der Waals surface area (Å²) in [6.45, 7) is 1.89. The number of carbonyl (C=O) groups excluding carboxylic acids is 1. The van der Waals surface area contributed by atoms with Crippen molar-refractivity contribution in [2.45, 2.75) is 6.92 Å². The van der Waals surface area contributed by atoms with Gasteiger partial charge in [0.2, 0.25) is 0 Å². The van der Waals surface area contributed by atoms with Gasteiger partial charge >= 0.3 is 0 Å². The number of anilines is 1. The van der Waals surface area contributed by atoms with E-state index in [1.54, 1.807) is 13.2 Å². The first-order valence-corrected chi connectivity index (χ1v) is 9.97. The summed E-state index contributed by atoms with van der Waals surface area (Å²) in [4.78, 5) is 26.3. The van der Waals surface area contributed by atoms with E-state index in [-0.39, 0.29) is 11.3 Å². The van der Waals surface area contributed by atoms with Crippen molar-refractivity contribution in [3.05, 3.63) is 94.1 Å². The molecule has 0 aliphatic heterocycles. The SMILES string of the molecule is COc1ccc(-c2c(NC(=O)c3ccccc3C)sc3ccccc3c2=O)cc1. The Hall–Kier alpha value is -3.44. The van der Waals surface area contributed by atoms with Crippen molar-refractivity contribution in [2.24, 2.45) is 0 Å². The average molecular weight is 401 g/mol. The van der Waals surface area contributed by atoms with Gasteiger partial charge in [0.05, 0.1) is 12.7 Å². The number of hydrogen-bond acceptors (Lipinski definition) is 4. The minimum absolute atomic E-state index is 0.107. The molecule has 0 atom stereocenters. The topological polar surface area (TPSA) is 55.4 Å². The fraction of sp³-hybridized carbons (Fsp3) is 0.0833. The van der Waals surface area contributed by atoms with Crippen molar-refractivity contribution in [2.75, 3.05) is 12.4 Å². The lowest BCUT2D eigenvalue weighted by molar-refractivity contribution is 0.102. The molecule has 1 amide bonds. The second-order valence-corrected chi connectivity index (χ2v) is 7.68. The highest BCUT2D eigenvalue weighted by atomic mass is 32.1. The van der Waals surface area contributed by atoms with Crippen LogP contribution in [-0.4, -0.2) is 13.0 Å². The van der Waals surface area contributed by atoms with E-state index in [4.69, 9.17) is 4.74 Å². The number of ether oxygens (including phenoxy) is 1. The predicted octanol–water partition coefficient (Wildman–Crippen LogP) is 5.50. The van der Waals surface area contributed by atoms with E-state index in [9.17, 15) is 9.59 Å². The van der Waals surface area contributed by atoms with Gasteiger partial charge in [-0.1, -0.05) is 42.5 Å². The number of benzene rings is 3. The number of fused-ring (bicyclic) bond motifs is 1. The third kappa shape index (κ3) is 3.65. The maximum absolute atomic E-state index is 13.3. The van der Waals surface area contributed by atoms with E-state index in [1.807, 2.05) is 73.7 Å². The minimum atomic E-state index is -0.233. The molecule has 1 aromatic heterocycles. The van der Waals surface area contributed by atoms with Gasteiger partial charge in [0.25, 0.3) is 5.91 Å². The maximum Gasteiger partial charge on any atom is 0.256 e. The summed E-state index contributed by atoms with van der Waals surface area (Å²) in [6.07, 6.45) is 0. The molecule has 0 aliphatic rings.